The smallest absolute Gasteiger partial charge is 0.0715 e. The first-order chi connectivity index (χ1) is 13.5. The number of benzene rings is 3. The molecule has 0 aliphatic rings. The number of hydrogen-bond acceptors (Lipinski definition) is 1. The highest BCUT2D eigenvalue weighted by molar-refractivity contribution is 5.76. The summed E-state index contributed by atoms with van der Waals surface area (Å²) in [6.07, 6.45) is 0. The minimum absolute atomic E-state index is 0.106. The second-order valence-corrected chi connectivity index (χ2v) is 8.19. The van der Waals surface area contributed by atoms with E-state index in [2.05, 4.69) is 112 Å². The van der Waals surface area contributed by atoms with E-state index in [0.717, 1.165) is 22.5 Å². The van der Waals surface area contributed by atoms with Gasteiger partial charge in [0.2, 0.25) is 0 Å². The van der Waals surface area contributed by atoms with Crippen molar-refractivity contribution < 1.29 is 0 Å². The highest BCUT2D eigenvalue weighted by Gasteiger charge is 2.15. The summed E-state index contributed by atoms with van der Waals surface area (Å²) < 4.78 is 0. The van der Waals surface area contributed by atoms with E-state index >= 15 is 0 Å². The summed E-state index contributed by atoms with van der Waals surface area (Å²) in [7, 11) is 0. The van der Waals surface area contributed by atoms with E-state index in [1.807, 2.05) is 6.07 Å². The maximum Gasteiger partial charge on any atom is 0.0715 e. The lowest BCUT2D eigenvalue weighted by Crippen LogP contribution is -2.10. The lowest BCUT2D eigenvalue weighted by Gasteiger charge is -2.20. The van der Waals surface area contributed by atoms with Crippen LogP contribution in [0, 0.1) is 0 Å². The Hall–Kier alpha value is -3.19. The molecule has 138 valence electrons. The molecule has 1 aromatic heterocycles. The van der Waals surface area contributed by atoms with Gasteiger partial charge in [-0.25, -0.2) is 4.98 Å². The first kappa shape index (κ1) is 18.2. The van der Waals surface area contributed by atoms with Crippen molar-refractivity contribution in [3.05, 3.63) is 103 Å². The van der Waals surface area contributed by atoms with Gasteiger partial charge in [0, 0.05) is 11.1 Å². The van der Waals surface area contributed by atoms with Gasteiger partial charge in [0.1, 0.15) is 0 Å². The number of aromatic nitrogens is 1. The Bertz CT molecular complexity index is 1020. The standard InChI is InChI=1S/C27H25N/c1-27(2,3)24-16-10-15-22(17-24)26-19-23(20-11-6-4-7-12-20)18-25(28-26)21-13-8-5-9-14-21/h4-19H,1-3H3. The van der Waals surface area contributed by atoms with Crippen molar-refractivity contribution in [1.82, 2.24) is 4.98 Å². The first-order valence-electron chi connectivity index (χ1n) is 9.74. The predicted molar refractivity (Wildman–Crippen MR) is 119 cm³/mol. The third-order valence-corrected chi connectivity index (χ3v) is 5.03. The lowest BCUT2D eigenvalue weighted by molar-refractivity contribution is 0.590. The van der Waals surface area contributed by atoms with Crippen molar-refractivity contribution >= 4 is 0 Å². The van der Waals surface area contributed by atoms with Crippen LogP contribution >= 0.6 is 0 Å². The maximum atomic E-state index is 5.02. The molecule has 0 saturated heterocycles. The average Bonchev–Trinajstić information content (AvgIpc) is 2.74. The van der Waals surface area contributed by atoms with Crippen LogP contribution in [0.25, 0.3) is 33.6 Å². The Morgan fingerprint density at radius 3 is 1.64 bits per heavy atom. The fraction of sp³-hybridized carbons (Fsp3) is 0.148. The van der Waals surface area contributed by atoms with Crippen molar-refractivity contribution in [1.29, 1.82) is 0 Å². The summed E-state index contributed by atoms with van der Waals surface area (Å²) in [5, 5.41) is 0. The molecule has 0 saturated carbocycles. The highest BCUT2D eigenvalue weighted by Crippen LogP contribution is 2.32. The molecule has 28 heavy (non-hydrogen) atoms. The van der Waals surface area contributed by atoms with E-state index in [0.29, 0.717) is 0 Å². The van der Waals surface area contributed by atoms with Gasteiger partial charge >= 0.3 is 0 Å². The minimum atomic E-state index is 0.106. The molecular weight excluding hydrogens is 338 g/mol. The van der Waals surface area contributed by atoms with E-state index in [-0.39, 0.29) is 5.41 Å². The molecule has 0 amide bonds. The average molecular weight is 364 g/mol. The molecule has 0 bridgehead atoms. The summed E-state index contributed by atoms with van der Waals surface area (Å²) in [5.74, 6) is 0. The number of nitrogens with zero attached hydrogens (tertiary/aromatic N) is 1. The van der Waals surface area contributed by atoms with Gasteiger partial charge in [0.15, 0.2) is 0 Å². The number of rotatable bonds is 3. The zero-order chi connectivity index (χ0) is 19.6. The van der Waals surface area contributed by atoms with Gasteiger partial charge in [0.05, 0.1) is 11.4 Å². The zero-order valence-electron chi connectivity index (χ0n) is 16.7. The molecule has 0 fully saturated rings. The van der Waals surface area contributed by atoms with Gasteiger partial charge in [-0.2, -0.15) is 0 Å². The Morgan fingerprint density at radius 1 is 0.500 bits per heavy atom. The fourth-order valence-corrected chi connectivity index (χ4v) is 3.38. The molecule has 0 radical (unpaired) electrons. The topological polar surface area (TPSA) is 12.9 Å². The van der Waals surface area contributed by atoms with Crippen LogP contribution in [0.2, 0.25) is 0 Å². The normalized spacial score (nSPS) is 11.4. The summed E-state index contributed by atoms with van der Waals surface area (Å²) in [4.78, 5) is 5.02. The van der Waals surface area contributed by atoms with Gasteiger partial charge in [0.25, 0.3) is 0 Å². The molecule has 4 rings (SSSR count). The second kappa shape index (κ2) is 7.44. The van der Waals surface area contributed by atoms with E-state index in [1.54, 1.807) is 0 Å². The highest BCUT2D eigenvalue weighted by atomic mass is 14.7. The SMILES string of the molecule is CC(C)(C)c1cccc(-c2cc(-c3ccccc3)cc(-c3ccccc3)n2)c1. The van der Waals surface area contributed by atoms with Gasteiger partial charge in [-0.1, -0.05) is 99.6 Å². The Kier molecular flexibility index (Phi) is 4.83. The van der Waals surface area contributed by atoms with Crippen molar-refractivity contribution in [3.63, 3.8) is 0 Å². The molecule has 4 aromatic rings. The number of hydrogen-bond donors (Lipinski definition) is 0. The summed E-state index contributed by atoms with van der Waals surface area (Å²) in [5.41, 5.74) is 8.11. The van der Waals surface area contributed by atoms with E-state index in [1.165, 1.54) is 16.7 Å². The van der Waals surface area contributed by atoms with Crippen LogP contribution in [0.4, 0.5) is 0 Å². The van der Waals surface area contributed by atoms with Gasteiger partial charge in [-0.05, 0) is 40.3 Å². The molecule has 0 spiro atoms. The quantitative estimate of drug-likeness (QED) is 0.370. The third kappa shape index (κ3) is 3.89. The maximum absolute atomic E-state index is 5.02. The Labute approximate surface area is 167 Å². The van der Waals surface area contributed by atoms with Crippen LogP contribution in [0.1, 0.15) is 26.3 Å². The Balaban J connectivity index is 1.90. The first-order valence-corrected chi connectivity index (χ1v) is 9.74. The molecule has 1 nitrogen and oxygen atoms in total. The van der Waals surface area contributed by atoms with E-state index in [4.69, 9.17) is 4.98 Å². The van der Waals surface area contributed by atoms with E-state index < -0.39 is 0 Å². The van der Waals surface area contributed by atoms with Crippen molar-refractivity contribution in [2.75, 3.05) is 0 Å². The molecule has 0 N–H and O–H groups in total. The molecule has 1 heteroatoms. The van der Waals surface area contributed by atoms with Crippen LogP contribution in [0.15, 0.2) is 97.1 Å². The van der Waals surface area contributed by atoms with Gasteiger partial charge in [-0.15, -0.1) is 0 Å². The minimum Gasteiger partial charge on any atom is -0.248 e. The van der Waals surface area contributed by atoms with E-state index in [9.17, 15) is 0 Å². The summed E-state index contributed by atoms with van der Waals surface area (Å²) in [6, 6.07) is 34.1. The lowest BCUT2D eigenvalue weighted by atomic mass is 9.86. The molecule has 1 heterocycles. The van der Waals surface area contributed by atoms with Crippen molar-refractivity contribution in [3.8, 4) is 33.6 Å². The molecule has 0 aliphatic carbocycles. The van der Waals surface area contributed by atoms with Crippen LogP contribution in [-0.4, -0.2) is 4.98 Å². The molecular formula is C27H25N. The molecule has 0 unspecified atom stereocenters. The van der Waals surface area contributed by atoms with Gasteiger partial charge in [-0.3, -0.25) is 0 Å². The van der Waals surface area contributed by atoms with Crippen molar-refractivity contribution in [2.24, 2.45) is 0 Å². The monoisotopic (exact) mass is 363 g/mol. The fourth-order valence-electron chi connectivity index (χ4n) is 3.38. The van der Waals surface area contributed by atoms with Crippen LogP contribution in [-0.2, 0) is 5.41 Å². The largest absolute Gasteiger partial charge is 0.248 e. The van der Waals surface area contributed by atoms with Gasteiger partial charge < -0.3 is 0 Å². The zero-order valence-corrected chi connectivity index (χ0v) is 16.7. The summed E-state index contributed by atoms with van der Waals surface area (Å²) in [6.45, 7) is 6.74. The predicted octanol–water partition coefficient (Wildman–Crippen LogP) is 7.38. The van der Waals surface area contributed by atoms with Crippen LogP contribution in [0.5, 0.6) is 0 Å². The second-order valence-electron chi connectivity index (χ2n) is 8.19. The molecule has 3 aromatic carbocycles. The van der Waals surface area contributed by atoms with Crippen LogP contribution < -0.4 is 0 Å². The Morgan fingerprint density at radius 2 is 1.04 bits per heavy atom. The third-order valence-electron chi connectivity index (χ3n) is 5.03. The summed E-state index contributed by atoms with van der Waals surface area (Å²) >= 11 is 0. The van der Waals surface area contributed by atoms with Crippen LogP contribution in [0.3, 0.4) is 0 Å². The van der Waals surface area contributed by atoms with Crippen molar-refractivity contribution in [2.45, 2.75) is 26.2 Å². The molecule has 0 atom stereocenters. The molecule has 0 aliphatic heterocycles. The number of pyridine rings is 1.